The van der Waals surface area contributed by atoms with Crippen molar-refractivity contribution < 1.29 is 19.4 Å². The summed E-state index contributed by atoms with van der Waals surface area (Å²) in [4.78, 5) is 23.5. The van der Waals surface area contributed by atoms with Gasteiger partial charge in [0, 0.05) is 6.04 Å². The van der Waals surface area contributed by atoms with Crippen LogP contribution in [-0.2, 0) is 14.3 Å². The lowest BCUT2D eigenvalue weighted by Gasteiger charge is -2.28. The average molecular weight is 256 g/mol. The summed E-state index contributed by atoms with van der Waals surface area (Å²) in [5.74, 6) is -1.45. The first kappa shape index (κ1) is 13.3. The Balaban J connectivity index is 2.03. The second-order valence-electron chi connectivity index (χ2n) is 5.31. The summed E-state index contributed by atoms with van der Waals surface area (Å²) in [6.45, 7) is 2.43. The first-order valence-electron chi connectivity index (χ1n) is 6.29. The van der Waals surface area contributed by atoms with Gasteiger partial charge in [-0.25, -0.2) is 4.79 Å². The number of nitrogens with one attached hydrogen (secondary N) is 2. The molecule has 1 heterocycles. The smallest absolute Gasteiger partial charge is 0.329 e. The van der Waals surface area contributed by atoms with Gasteiger partial charge in [-0.15, -0.1) is 0 Å². The third-order valence-corrected chi connectivity index (χ3v) is 4.01. The Labute approximate surface area is 106 Å². The van der Waals surface area contributed by atoms with Gasteiger partial charge in [0.2, 0.25) is 5.91 Å². The maximum absolute atomic E-state index is 12.2. The van der Waals surface area contributed by atoms with Crippen molar-refractivity contribution in [1.82, 2.24) is 10.6 Å². The maximum Gasteiger partial charge on any atom is 0.329 e. The number of amides is 1. The Kier molecular flexibility index (Phi) is 3.59. The van der Waals surface area contributed by atoms with Gasteiger partial charge in [0.15, 0.2) is 0 Å². The molecule has 1 saturated heterocycles. The van der Waals surface area contributed by atoms with E-state index in [9.17, 15) is 14.7 Å². The van der Waals surface area contributed by atoms with Gasteiger partial charge in [-0.1, -0.05) is 0 Å². The minimum absolute atomic E-state index is 0.0396. The quantitative estimate of drug-likeness (QED) is 0.622. The van der Waals surface area contributed by atoms with Crippen molar-refractivity contribution in [2.24, 2.45) is 11.8 Å². The molecule has 3 atom stereocenters. The average Bonchev–Trinajstić information content (AvgIpc) is 3.07. The third kappa shape index (κ3) is 2.35. The summed E-state index contributed by atoms with van der Waals surface area (Å²) in [6, 6.07) is -0.0396. The first-order valence-corrected chi connectivity index (χ1v) is 6.29. The molecule has 2 fully saturated rings. The summed E-state index contributed by atoms with van der Waals surface area (Å²) < 4.78 is 5.26. The SMILES string of the molecule is CNC1COCC1C(=O)NC(C)(C(=O)O)C1CC1. The van der Waals surface area contributed by atoms with Crippen LogP contribution in [0.5, 0.6) is 0 Å². The molecule has 102 valence electrons. The fourth-order valence-corrected chi connectivity index (χ4v) is 2.44. The molecule has 1 aliphatic carbocycles. The van der Waals surface area contributed by atoms with E-state index in [1.54, 1.807) is 14.0 Å². The summed E-state index contributed by atoms with van der Waals surface area (Å²) >= 11 is 0. The molecule has 0 radical (unpaired) electrons. The molecule has 1 amide bonds. The van der Waals surface area contributed by atoms with Crippen molar-refractivity contribution in [3.8, 4) is 0 Å². The molecule has 6 nitrogen and oxygen atoms in total. The fraction of sp³-hybridized carbons (Fsp3) is 0.833. The number of aliphatic carboxylic acids is 1. The third-order valence-electron chi connectivity index (χ3n) is 4.01. The summed E-state index contributed by atoms with van der Waals surface area (Å²) in [7, 11) is 1.77. The molecule has 18 heavy (non-hydrogen) atoms. The highest BCUT2D eigenvalue weighted by atomic mass is 16.5. The van der Waals surface area contributed by atoms with Crippen molar-refractivity contribution in [3.63, 3.8) is 0 Å². The minimum Gasteiger partial charge on any atom is -0.480 e. The second-order valence-corrected chi connectivity index (χ2v) is 5.31. The summed E-state index contributed by atoms with van der Waals surface area (Å²) in [5.41, 5.74) is -1.14. The van der Waals surface area contributed by atoms with E-state index < -0.39 is 11.5 Å². The zero-order valence-electron chi connectivity index (χ0n) is 10.7. The number of rotatable bonds is 5. The lowest BCUT2D eigenvalue weighted by atomic mass is 9.93. The van der Waals surface area contributed by atoms with Crippen LogP contribution < -0.4 is 10.6 Å². The number of ether oxygens (including phenoxy) is 1. The molecule has 0 bridgehead atoms. The van der Waals surface area contributed by atoms with Crippen molar-refractivity contribution in [2.45, 2.75) is 31.3 Å². The Bertz CT molecular complexity index is 356. The van der Waals surface area contributed by atoms with Crippen LogP contribution in [0.3, 0.4) is 0 Å². The van der Waals surface area contributed by atoms with Crippen LogP contribution in [0, 0.1) is 11.8 Å². The molecule has 6 heteroatoms. The topological polar surface area (TPSA) is 87.7 Å². The van der Waals surface area contributed by atoms with Gasteiger partial charge in [0.25, 0.3) is 0 Å². The summed E-state index contributed by atoms with van der Waals surface area (Å²) in [6.07, 6.45) is 1.72. The lowest BCUT2D eigenvalue weighted by molar-refractivity contribution is -0.148. The molecule has 0 aromatic heterocycles. The van der Waals surface area contributed by atoms with Crippen molar-refractivity contribution in [1.29, 1.82) is 0 Å². The van der Waals surface area contributed by atoms with Gasteiger partial charge in [-0.2, -0.15) is 0 Å². The number of hydrogen-bond acceptors (Lipinski definition) is 4. The summed E-state index contributed by atoms with van der Waals surface area (Å²) in [5, 5.41) is 15.0. The molecular weight excluding hydrogens is 236 g/mol. The van der Waals surface area contributed by atoms with E-state index in [0.717, 1.165) is 12.8 Å². The Morgan fingerprint density at radius 3 is 2.50 bits per heavy atom. The van der Waals surface area contributed by atoms with E-state index in [1.165, 1.54) is 0 Å². The van der Waals surface area contributed by atoms with Gasteiger partial charge in [-0.3, -0.25) is 4.79 Å². The molecular formula is C12H20N2O4. The number of likely N-dealkylation sites (N-methyl/N-ethyl adjacent to an activating group) is 1. The highest BCUT2D eigenvalue weighted by Crippen LogP contribution is 2.40. The van der Waals surface area contributed by atoms with Crippen LogP contribution in [0.4, 0.5) is 0 Å². The first-order chi connectivity index (χ1) is 8.49. The Morgan fingerprint density at radius 1 is 1.33 bits per heavy atom. The Morgan fingerprint density at radius 2 is 2.00 bits per heavy atom. The van der Waals surface area contributed by atoms with Crippen molar-refractivity contribution >= 4 is 11.9 Å². The molecule has 0 aromatic rings. The monoisotopic (exact) mass is 256 g/mol. The largest absolute Gasteiger partial charge is 0.480 e. The van der Waals surface area contributed by atoms with E-state index in [1.807, 2.05) is 0 Å². The van der Waals surface area contributed by atoms with E-state index in [0.29, 0.717) is 13.2 Å². The molecule has 3 unspecified atom stereocenters. The highest BCUT2D eigenvalue weighted by Gasteiger charge is 2.50. The van der Waals surface area contributed by atoms with E-state index in [-0.39, 0.29) is 23.8 Å². The zero-order chi connectivity index (χ0) is 13.3. The van der Waals surface area contributed by atoms with Crippen LogP contribution in [0.2, 0.25) is 0 Å². The molecule has 0 aromatic carbocycles. The van der Waals surface area contributed by atoms with Gasteiger partial charge in [0.05, 0.1) is 19.1 Å². The van der Waals surface area contributed by atoms with Gasteiger partial charge >= 0.3 is 5.97 Å². The standard InChI is InChI=1S/C12H20N2O4/c1-12(11(16)17,7-3-4-7)14-10(15)8-5-18-6-9(8)13-2/h7-9,13H,3-6H2,1-2H3,(H,14,15)(H,16,17). The normalized spacial score (nSPS) is 30.8. The molecule has 1 aliphatic heterocycles. The van der Waals surface area contributed by atoms with Crippen LogP contribution in [0.1, 0.15) is 19.8 Å². The van der Waals surface area contributed by atoms with Crippen LogP contribution in [-0.4, -0.2) is 48.8 Å². The van der Waals surface area contributed by atoms with Crippen LogP contribution >= 0.6 is 0 Å². The maximum atomic E-state index is 12.2. The predicted octanol–water partition coefficient (Wildman–Crippen LogP) is -0.410. The van der Waals surface area contributed by atoms with Crippen molar-refractivity contribution in [2.75, 3.05) is 20.3 Å². The van der Waals surface area contributed by atoms with Crippen LogP contribution in [0.15, 0.2) is 0 Å². The molecule has 2 rings (SSSR count). The molecule has 2 aliphatic rings. The number of carboxylic acids is 1. The molecule has 0 spiro atoms. The minimum atomic E-state index is -1.14. The second kappa shape index (κ2) is 4.85. The lowest BCUT2D eigenvalue weighted by Crippen LogP contribution is -2.57. The van der Waals surface area contributed by atoms with E-state index in [4.69, 9.17) is 4.74 Å². The number of hydrogen-bond donors (Lipinski definition) is 3. The number of carboxylic acid groups (broad SMARTS) is 1. The van der Waals surface area contributed by atoms with Crippen LogP contribution in [0.25, 0.3) is 0 Å². The predicted molar refractivity (Wildman–Crippen MR) is 64.1 cm³/mol. The van der Waals surface area contributed by atoms with Crippen molar-refractivity contribution in [3.05, 3.63) is 0 Å². The fourth-order valence-electron chi connectivity index (χ4n) is 2.44. The zero-order valence-corrected chi connectivity index (χ0v) is 10.7. The van der Waals surface area contributed by atoms with E-state index in [2.05, 4.69) is 10.6 Å². The van der Waals surface area contributed by atoms with E-state index >= 15 is 0 Å². The number of carbonyl (C=O) groups excluding carboxylic acids is 1. The van der Waals surface area contributed by atoms with Gasteiger partial charge in [-0.05, 0) is 32.7 Å². The van der Waals surface area contributed by atoms with Gasteiger partial charge in [0.1, 0.15) is 5.54 Å². The van der Waals surface area contributed by atoms with Gasteiger partial charge < -0.3 is 20.5 Å². The molecule has 1 saturated carbocycles. The number of carbonyl (C=O) groups is 2. The molecule has 3 N–H and O–H groups in total. The Hall–Kier alpha value is -1.14. The highest BCUT2D eigenvalue weighted by molar-refractivity contribution is 5.88.